The number of aryl methyl sites for hydroxylation is 2. The van der Waals surface area contributed by atoms with E-state index in [2.05, 4.69) is 10.0 Å². The van der Waals surface area contributed by atoms with E-state index in [1.54, 1.807) is 31.2 Å². The molecule has 0 heterocycles. The summed E-state index contributed by atoms with van der Waals surface area (Å²) in [6.07, 6.45) is 0.539. The predicted octanol–water partition coefficient (Wildman–Crippen LogP) is 4.02. The van der Waals surface area contributed by atoms with E-state index in [-0.39, 0.29) is 11.7 Å². The van der Waals surface area contributed by atoms with Gasteiger partial charge in [0.1, 0.15) is 0 Å². The summed E-state index contributed by atoms with van der Waals surface area (Å²) in [5.74, 6) is -0.153. The lowest BCUT2D eigenvalue weighted by molar-refractivity contribution is 0.102. The highest BCUT2D eigenvalue weighted by molar-refractivity contribution is 7.92. The van der Waals surface area contributed by atoms with Crippen molar-refractivity contribution in [1.82, 2.24) is 0 Å². The van der Waals surface area contributed by atoms with Crippen molar-refractivity contribution in [2.24, 2.45) is 0 Å². The Morgan fingerprint density at radius 1 is 1.04 bits per heavy atom. The van der Waals surface area contributed by atoms with E-state index in [9.17, 15) is 13.2 Å². The maximum absolute atomic E-state index is 12.5. The zero-order valence-electron chi connectivity index (χ0n) is 15.0. The molecule has 1 amide bonds. The van der Waals surface area contributed by atoms with Crippen molar-refractivity contribution in [3.63, 3.8) is 0 Å². The van der Waals surface area contributed by atoms with Crippen molar-refractivity contribution in [1.29, 1.82) is 0 Å². The van der Waals surface area contributed by atoms with Crippen molar-refractivity contribution >= 4 is 27.3 Å². The molecule has 0 spiro atoms. The van der Waals surface area contributed by atoms with Crippen LogP contribution in [0.15, 0.2) is 36.4 Å². The van der Waals surface area contributed by atoms with Crippen LogP contribution in [0.1, 0.15) is 40.4 Å². The van der Waals surface area contributed by atoms with Gasteiger partial charge in [-0.25, -0.2) is 8.42 Å². The van der Waals surface area contributed by atoms with Crippen LogP contribution >= 0.6 is 0 Å². The van der Waals surface area contributed by atoms with E-state index < -0.39 is 10.0 Å². The van der Waals surface area contributed by atoms with Gasteiger partial charge in [-0.15, -0.1) is 0 Å². The Kier molecular flexibility index (Phi) is 5.85. The van der Waals surface area contributed by atoms with E-state index in [4.69, 9.17) is 0 Å². The summed E-state index contributed by atoms with van der Waals surface area (Å²) < 4.78 is 26.6. The quantitative estimate of drug-likeness (QED) is 0.817. The molecule has 2 rings (SSSR count). The zero-order valence-corrected chi connectivity index (χ0v) is 15.8. The van der Waals surface area contributed by atoms with E-state index in [1.807, 2.05) is 32.9 Å². The largest absolute Gasteiger partial charge is 0.322 e. The third kappa shape index (κ3) is 4.82. The van der Waals surface area contributed by atoms with Gasteiger partial charge in [-0.05, 0) is 56.5 Å². The highest BCUT2D eigenvalue weighted by Crippen LogP contribution is 2.25. The molecule has 0 bridgehead atoms. The summed E-state index contributed by atoms with van der Waals surface area (Å²) in [4.78, 5) is 12.5. The van der Waals surface area contributed by atoms with Gasteiger partial charge in [0.25, 0.3) is 5.91 Å². The molecule has 0 unspecified atom stereocenters. The first kappa shape index (κ1) is 19.0. The molecule has 0 fully saturated rings. The Labute approximate surface area is 149 Å². The zero-order chi connectivity index (χ0) is 18.6. The molecule has 0 aliphatic carbocycles. The number of nitrogens with one attached hydrogen (secondary N) is 2. The summed E-state index contributed by atoms with van der Waals surface area (Å²) in [5, 5.41) is 2.87. The molecule has 0 atom stereocenters. The number of hydrogen-bond donors (Lipinski definition) is 2. The SMILES string of the molecule is CCCS(=O)(=O)Nc1cccc(NC(=O)c2ccc(C)cc2C)c1C. The lowest BCUT2D eigenvalue weighted by atomic mass is 10.0. The third-order valence-electron chi connectivity index (χ3n) is 3.95. The van der Waals surface area contributed by atoms with E-state index in [1.165, 1.54) is 0 Å². The Morgan fingerprint density at radius 2 is 1.72 bits per heavy atom. The molecule has 0 aromatic heterocycles. The van der Waals surface area contributed by atoms with Crippen molar-refractivity contribution in [2.75, 3.05) is 15.8 Å². The molecule has 0 saturated heterocycles. The van der Waals surface area contributed by atoms with Crippen LogP contribution in [0.3, 0.4) is 0 Å². The molecule has 134 valence electrons. The summed E-state index contributed by atoms with van der Waals surface area (Å²) >= 11 is 0. The van der Waals surface area contributed by atoms with Crippen molar-refractivity contribution in [2.45, 2.75) is 34.1 Å². The number of carbonyl (C=O) groups excluding carboxylic acids is 1. The van der Waals surface area contributed by atoms with Gasteiger partial charge in [0.05, 0.1) is 11.4 Å². The number of hydrogen-bond acceptors (Lipinski definition) is 3. The normalized spacial score (nSPS) is 11.2. The molecule has 2 aromatic carbocycles. The van der Waals surface area contributed by atoms with Gasteiger partial charge in [0.15, 0.2) is 0 Å². The first-order chi connectivity index (χ1) is 11.7. The van der Waals surface area contributed by atoms with Crippen molar-refractivity contribution < 1.29 is 13.2 Å². The Balaban J connectivity index is 2.26. The molecular formula is C19H24N2O3S. The standard InChI is InChI=1S/C19H24N2O3S/c1-5-11-25(23,24)21-18-8-6-7-17(15(18)4)20-19(22)16-10-9-13(2)12-14(16)3/h6-10,12,21H,5,11H2,1-4H3,(H,20,22). The minimum atomic E-state index is -3.38. The topological polar surface area (TPSA) is 75.3 Å². The molecule has 25 heavy (non-hydrogen) atoms. The van der Waals surface area contributed by atoms with Crippen LogP contribution in [-0.2, 0) is 10.0 Å². The average molecular weight is 360 g/mol. The minimum Gasteiger partial charge on any atom is -0.322 e. The predicted molar refractivity (Wildman–Crippen MR) is 103 cm³/mol. The monoisotopic (exact) mass is 360 g/mol. The first-order valence-corrected chi connectivity index (χ1v) is 9.87. The van der Waals surface area contributed by atoms with Gasteiger partial charge in [0.2, 0.25) is 10.0 Å². The highest BCUT2D eigenvalue weighted by Gasteiger charge is 2.15. The van der Waals surface area contributed by atoms with Gasteiger partial charge < -0.3 is 5.32 Å². The molecule has 0 aliphatic heterocycles. The van der Waals surface area contributed by atoms with Gasteiger partial charge >= 0.3 is 0 Å². The maximum Gasteiger partial charge on any atom is 0.255 e. The molecule has 2 N–H and O–H groups in total. The second-order valence-corrected chi connectivity index (χ2v) is 8.01. The van der Waals surface area contributed by atoms with Crippen LogP contribution in [0.5, 0.6) is 0 Å². The number of benzene rings is 2. The lowest BCUT2D eigenvalue weighted by Gasteiger charge is -2.15. The summed E-state index contributed by atoms with van der Waals surface area (Å²) in [5.41, 5.74) is 4.34. The summed E-state index contributed by atoms with van der Waals surface area (Å²) in [6.45, 7) is 7.46. The van der Waals surface area contributed by atoms with Crippen LogP contribution in [0.4, 0.5) is 11.4 Å². The highest BCUT2D eigenvalue weighted by atomic mass is 32.2. The smallest absolute Gasteiger partial charge is 0.255 e. The van der Waals surface area contributed by atoms with Gasteiger partial charge in [0, 0.05) is 11.3 Å². The molecule has 6 heteroatoms. The Morgan fingerprint density at radius 3 is 2.36 bits per heavy atom. The fraction of sp³-hybridized carbons (Fsp3) is 0.316. The second-order valence-electron chi connectivity index (χ2n) is 6.17. The number of sulfonamides is 1. The number of rotatable bonds is 6. The molecule has 0 aliphatic rings. The van der Waals surface area contributed by atoms with Crippen LogP contribution in [-0.4, -0.2) is 20.1 Å². The summed E-state index contributed by atoms with van der Waals surface area (Å²) in [6, 6.07) is 10.8. The fourth-order valence-corrected chi connectivity index (χ4v) is 3.82. The number of carbonyl (C=O) groups is 1. The Bertz CT molecular complexity index is 890. The van der Waals surface area contributed by atoms with E-state index in [0.717, 1.165) is 11.1 Å². The van der Waals surface area contributed by atoms with Gasteiger partial charge in [-0.3, -0.25) is 9.52 Å². The lowest BCUT2D eigenvalue weighted by Crippen LogP contribution is -2.18. The Hall–Kier alpha value is -2.34. The minimum absolute atomic E-state index is 0.0611. The average Bonchev–Trinajstić information content (AvgIpc) is 2.50. The van der Waals surface area contributed by atoms with Crippen LogP contribution in [0, 0.1) is 20.8 Å². The van der Waals surface area contributed by atoms with Crippen molar-refractivity contribution in [3.05, 3.63) is 58.7 Å². The molecule has 5 nitrogen and oxygen atoms in total. The van der Waals surface area contributed by atoms with Gasteiger partial charge in [-0.2, -0.15) is 0 Å². The molecule has 0 radical (unpaired) electrons. The molecular weight excluding hydrogens is 336 g/mol. The third-order valence-corrected chi connectivity index (χ3v) is 5.42. The van der Waals surface area contributed by atoms with E-state index in [0.29, 0.717) is 28.9 Å². The van der Waals surface area contributed by atoms with Crippen LogP contribution in [0.25, 0.3) is 0 Å². The fourth-order valence-electron chi connectivity index (χ4n) is 2.63. The molecule has 0 saturated carbocycles. The number of anilines is 2. The summed E-state index contributed by atoms with van der Waals surface area (Å²) in [7, 11) is -3.38. The van der Waals surface area contributed by atoms with Crippen molar-refractivity contribution in [3.8, 4) is 0 Å². The molecule has 2 aromatic rings. The van der Waals surface area contributed by atoms with Crippen LogP contribution < -0.4 is 10.0 Å². The second kappa shape index (κ2) is 7.70. The van der Waals surface area contributed by atoms with Gasteiger partial charge in [-0.1, -0.05) is 30.7 Å². The maximum atomic E-state index is 12.5. The van der Waals surface area contributed by atoms with Crippen LogP contribution in [0.2, 0.25) is 0 Å². The number of amides is 1. The van der Waals surface area contributed by atoms with E-state index >= 15 is 0 Å². The first-order valence-electron chi connectivity index (χ1n) is 8.22.